The first-order chi connectivity index (χ1) is 17.5. The average Bonchev–Trinajstić information content (AvgIpc) is 3.12. The fraction of sp³-hybridized carbons (Fsp3) is 0.379. The average molecular weight is 507 g/mol. The predicted octanol–water partition coefficient (Wildman–Crippen LogP) is 4.96. The van der Waals surface area contributed by atoms with Crippen molar-refractivity contribution in [3.63, 3.8) is 0 Å². The molecule has 0 bridgehead atoms. The molecule has 1 saturated heterocycles. The number of benzene rings is 2. The molecule has 0 unspecified atom stereocenters. The fourth-order valence-corrected chi connectivity index (χ4v) is 4.89. The SMILES string of the molecule is CCc1nn(-c2cccc(C=Cc3ccc(Cl)cc3)c2)c(CC)c1C(=O)N1CCCN(CCO)CC1. The van der Waals surface area contributed by atoms with E-state index in [1.54, 1.807) is 0 Å². The van der Waals surface area contributed by atoms with E-state index in [1.807, 2.05) is 46.0 Å². The Hall–Kier alpha value is -2.93. The Morgan fingerprint density at radius 3 is 2.50 bits per heavy atom. The number of aliphatic hydroxyl groups excluding tert-OH is 1. The van der Waals surface area contributed by atoms with Crippen LogP contribution in [-0.4, -0.2) is 69.9 Å². The number of hydrogen-bond acceptors (Lipinski definition) is 4. The summed E-state index contributed by atoms with van der Waals surface area (Å²) in [6.45, 7) is 8.02. The lowest BCUT2D eigenvalue weighted by atomic mass is 10.1. The molecule has 0 spiro atoms. The van der Waals surface area contributed by atoms with Gasteiger partial charge < -0.3 is 10.0 Å². The van der Waals surface area contributed by atoms with Crippen molar-refractivity contribution in [2.75, 3.05) is 39.3 Å². The van der Waals surface area contributed by atoms with Crippen LogP contribution < -0.4 is 0 Å². The summed E-state index contributed by atoms with van der Waals surface area (Å²) in [5.41, 5.74) is 5.63. The number of halogens is 1. The molecule has 190 valence electrons. The van der Waals surface area contributed by atoms with Crippen molar-refractivity contribution in [3.8, 4) is 5.69 Å². The first-order valence-corrected chi connectivity index (χ1v) is 13.2. The summed E-state index contributed by atoms with van der Waals surface area (Å²) in [5, 5.41) is 14.9. The molecule has 1 fully saturated rings. The molecule has 4 rings (SSSR count). The molecule has 6 nitrogen and oxygen atoms in total. The van der Waals surface area contributed by atoms with Crippen LogP contribution in [0.15, 0.2) is 48.5 Å². The van der Waals surface area contributed by atoms with Crippen LogP contribution in [0.25, 0.3) is 17.8 Å². The third kappa shape index (κ3) is 6.06. The van der Waals surface area contributed by atoms with Gasteiger partial charge in [0.15, 0.2) is 0 Å². The number of β-amino-alcohol motifs (C(OH)–C–C–N with tert-alkyl or cyclic N) is 1. The number of aryl methyl sites for hydroxylation is 1. The van der Waals surface area contributed by atoms with E-state index in [0.29, 0.717) is 25.9 Å². The standard InChI is InChI=1S/C29H35ClN4O2/c1-3-26-28(29(36)33-16-6-15-32(17-18-33)19-20-35)27(4-2)34(31-26)25-8-5-7-23(21-25)10-9-22-11-13-24(30)14-12-22/h5,7-14,21,35H,3-4,6,15-20H2,1-2H3. The van der Waals surface area contributed by atoms with Gasteiger partial charge in [-0.1, -0.05) is 61.9 Å². The Bertz CT molecular complexity index is 1200. The molecule has 0 saturated carbocycles. The van der Waals surface area contributed by atoms with E-state index < -0.39 is 0 Å². The zero-order valence-corrected chi connectivity index (χ0v) is 21.9. The molecule has 2 aromatic carbocycles. The van der Waals surface area contributed by atoms with E-state index >= 15 is 0 Å². The Morgan fingerprint density at radius 2 is 1.78 bits per heavy atom. The number of hydrogen-bond donors (Lipinski definition) is 1. The normalized spacial score (nSPS) is 14.9. The Balaban J connectivity index is 1.62. The second kappa shape index (κ2) is 12.3. The zero-order valence-electron chi connectivity index (χ0n) is 21.2. The number of carbonyl (C=O) groups is 1. The highest BCUT2D eigenvalue weighted by atomic mass is 35.5. The van der Waals surface area contributed by atoms with Crippen molar-refractivity contribution in [2.24, 2.45) is 0 Å². The second-order valence-electron chi connectivity index (χ2n) is 9.08. The molecule has 1 aromatic heterocycles. The lowest BCUT2D eigenvalue weighted by Crippen LogP contribution is -2.36. The van der Waals surface area contributed by atoms with Gasteiger partial charge in [0.05, 0.1) is 29.2 Å². The Labute approximate surface area is 218 Å². The molecule has 1 aliphatic rings. The van der Waals surface area contributed by atoms with Gasteiger partial charge in [-0.15, -0.1) is 0 Å². The van der Waals surface area contributed by atoms with Crippen LogP contribution in [0.5, 0.6) is 0 Å². The summed E-state index contributed by atoms with van der Waals surface area (Å²) in [7, 11) is 0. The van der Waals surface area contributed by atoms with Crippen molar-refractivity contribution in [3.05, 3.63) is 81.6 Å². The Kier molecular flexibility index (Phi) is 8.97. The highest BCUT2D eigenvalue weighted by molar-refractivity contribution is 6.30. The number of carbonyl (C=O) groups excluding carboxylic acids is 1. The lowest BCUT2D eigenvalue weighted by Gasteiger charge is -2.22. The van der Waals surface area contributed by atoms with Crippen LogP contribution in [0.1, 0.15) is 53.1 Å². The van der Waals surface area contributed by atoms with Crippen molar-refractivity contribution in [2.45, 2.75) is 33.1 Å². The highest BCUT2D eigenvalue weighted by Gasteiger charge is 2.28. The van der Waals surface area contributed by atoms with Crippen LogP contribution in [0.2, 0.25) is 5.02 Å². The molecule has 0 aliphatic carbocycles. The van der Waals surface area contributed by atoms with E-state index in [9.17, 15) is 9.90 Å². The largest absolute Gasteiger partial charge is 0.395 e. The van der Waals surface area contributed by atoms with Crippen LogP contribution in [0.4, 0.5) is 0 Å². The van der Waals surface area contributed by atoms with Gasteiger partial charge in [-0.25, -0.2) is 4.68 Å². The van der Waals surface area contributed by atoms with Crippen LogP contribution in [0, 0.1) is 0 Å². The van der Waals surface area contributed by atoms with Gasteiger partial charge in [-0.05, 0) is 61.2 Å². The molecule has 3 aromatic rings. The summed E-state index contributed by atoms with van der Waals surface area (Å²) >= 11 is 6.00. The molecule has 2 heterocycles. The van der Waals surface area contributed by atoms with Crippen LogP contribution in [0.3, 0.4) is 0 Å². The van der Waals surface area contributed by atoms with E-state index in [4.69, 9.17) is 16.7 Å². The minimum Gasteiger partial charge on any atom is -0.395 e. The molecule has 7 heteroatoms. The third-order valence-corrected chi connectivity index (χ3v) is 6.93. The predicted molar refractivity (Wildman–Crippen MR) is 147 cm³/mol. The third-order valence-electron chi connectivity index (χ3n) is 6.68. The quantitative estimate of drug-likeness (QED) is 0.438. The van der Waals surface area contributed by atoms with E-state index in [2.05, 4.69) is 43.0 Å². The summed E-state index contributed by atoms with van der Waals surface area (Å²) in [6.07, 6.45) is 6.45. The van der Waals surface area contributed by atoms with E-state index in [0.717, 1.165) is 64.8 Å². The van der Waals surface area contributed by atoms with Gasteiger partial charge >= 0.3 is 0 Å². The molecule has 0 atom stereocenters. The van der Waals surface area contributed by atoms with Crippen molar-refractivity contribution in [1.29, 1.82) is 0 Å². The summed E-state index contributed by atoms with van der Waals surface area (Å²) < 4.78 is 1.95. The molecule has 1 N–H and O–H groups in total. The smallest absolute Gasteiger partial charge is 0.257 e. The molecular weight excluding hydrogens is 472 g/mol. The topological polar surface area (TPSA) is 61.6 Å². The van der Waals surface area contributed by atoms with Gasteiger partial charge in [0.2, 0.25) is 0 Å². The van der Waals surface area contributed by atoms with Gasteiger partial charge in [0, 0.05) is 31.2 Å². The van der Waals surface area contributed by atoms with E-state index in [-0.39, 0.29) is 12.5 Å². The second-order valence-corrected chi connectivity index (χ2v) is 9.51. The first kappa shape index (κ1) is 26.1. The number of aromatic nitrogens is 2. The molecule has 1 aliphatic heterocycles. The lowest BCUT2D eigenvalue weighted by molar-refractivity contribution is 0.0758. The molecular formula is C29H35ClN4O2. The minimum absolute atomic E-state index is 0.0691. The number of rotatable bonds is 8. The monoisotopic (exact) mass is 506 g/mol. The zero-order chi connectivity index (χ0) is 25.5. The summed E-state index contributed by atoms with van der Waals surface area (Å²) in [6, 6.07) is 16.0. The van der Waals surface area contributed by atoms with Crippen molar-refractivity contribution in [1.82, 2.24) is 19.6 Å². The highest BCUT2D eigenvalue weighted by Crippen LogP contribution is 2.24. The maximum absolute atomic E-state index is 13.8. The minimum atomic E-state index is 0.0691. The van der Waals surface area contributed by atoms with Gasteiger partial charge in [-0.2, -0.15) is 5.10 Å². The van der Waals surface area contributed by atoms with Gasteiger partial charge in [0.25, 0.3) is 5.91 Å². The van der Waals surface area contributed by atoms with Gasteiger partial charge in [-0.3, -0.25) is 9.69 Å². The van der Waals surface area contributed by atoms with Crippen LogP contribution in [-0.2, 0) is 12.8 Å². The molecule has 1 amide bonds. The number of amides is 1. The maximum atomic E-state index is 13.8. The fourth-order valence-electron chi connectivity index (χ4n) is 4.76. The molecule has 0 radical (unpaired) electrons. The summed E-state index contributed by atoms with van der Waals surface area (Å²) in [5.74, 6) is 0.0691. The molecule has 36 heavy (non-hydrogen) atoms. The Morgan fingerprint density at radius 1 is 1.00 bits per heavy atom. The maximum Gasteiger partial charge on any atom is 0.257 e. The van der Waals surface area contributed by atoms with Crippen LogP contribution >= 0.6 is 11.6 Å². The van der Waals surface area contributed by atoms with Gasteiger partial charge in [0.1, 0.15) is 0 Å². The summed E-state index contributed by atoms with van der Waals surface area (Å²) in [4.78, 5) is 17.9. The van der Waals surface area contributed by atoms with Crippen molar-refractivity contribution >= 4 is 29.7 Å². The number of aliphatic hydroxyl groups is 1. The van der Waals surface area contributed by atoms with Crippen molar-refractivity contribution < 1.29 is 9.90 Å². The number of nitrogens with zero attached hydrogens (tertiary/aromatic N) is 4. The van der Waals surface area contributed by atoms with E-state index in [1.165, 1.54) is 0 Å². The first-order valence-electron chi connectivity index (χ1n) is 12.8.